The molecule has 0 amide bonds. The fourth-order valence-corrected chi connectivity index (χ4v) is 3.21. The summed E-state index contributed by atoms with van der Waals surface area (Å²) in [4.78, 5) is 6.86. The molecule has 3 nitrogen and oxygen atoms in total. The Kier molecular flexibility index (Phi) is 6.28. The molecular formula is C14H22ClN3S. The normalized spacial score (nSPS) is 16.4. The number of hydrogen-bond acceptors (Lipinski definition) is 4. The van der Waals surface area contributed by atoms with Gasteiger partial charge in [0.2, 0.25) is 0 Å². The molecule has 0 atom stereocenters. The zero-order valence-corrected chi connectivity index (χ0v) is 13.1. The number of nitrogens with zero attached hydrogens (tertiary/aromatic N) is 2. The molecule has 0 aliphatic carbocycles. The summed E-state index contributed by atoms with van der Waals surface area (Å²) in [5.41, 5.74) is 1.15. The van der Waals surface area contributed by atoms with Gasteiger partial charge in [0, 0.05) is 31.6 Å². The first kappa shape index (κ1) is 14.9. The van der Waals surface area contributed by atoms with Crippen molar-refractivity contribution in [2.75, 3.05) is 36.0 Å². The summed E-state index contributed by atoms with van der Waals surface area (Å²) in [5, 5.41) is 4.16. The first-order chi connectivity index (χ1) is 9.31. The number of thioether (sulfide) groups is 1. The number of halogens is 1. The lowest BCUT2D eigenvalue weighted by molar-refractivity contribution is 0.674. The highest BCUT2D eigenvalue weighted by Crippen LogP contribution is 2.22. The summed E-state index contributed by atoms with van der Waals surface area (Å²) in [6, 6.07) is 2.14. The van der Waals surface area contributed by atoms with Gasteiger partial charge in [0.25, 0.3) is 0 Å². The Morgan fingerprint density at radius 3 is 3.16 bits per heavy atom. The van der Waals surface area contributed by atoms with Crippen molar-refractivity contribution in [1.29, 1.82) is 0 Å². The number of aromatic nitrogens is 1. The maximum atomic E-state index is 6.22. The molecule has 1 fully saturated rings. The van der Waals surface area contributed by atoms with E-state index in [4.69, 9.17) is 11.6 Å². The van der Waals surface area contributed by atoms with Gasteiger partial charge in [-0.3, -0.25) is 0 Å². The smallest absolute Gasteiger partial charge is 0.128 e. The zero-order chi connectivity index (χ0) is 13.5. The third kappa shape index (κ3) is 4.55. The van der Waals surface area contributed by atoms with Crippen LogP contribution in [0.4, 0.5) is 5.82 Å². The zero-order valence-electron chi connectivity index (χ0n) is 11.5. The largest absolute Gasteiger partial charge is 0.356 e. The van der Waals surface area contributed by atoms with Crippen molar-refractivity contribution in [2.45, 2.75) is 26.3 Å². The van der Waals surface area contributed by atoms with Gasteiger partial charge >= 0.3 is 0 Å². The highest BCUT2D eigenvalue weighted by atomic mass is 35.5. The van der Waals surface area contributed by atoms with Gasteiger partial charge in [-0.05, 0) is 36.8 Å². The van der Waals surface area contributed by atoms with E-state index in [9.17, 15) is 0 Å². The summed E-state index contributed by atoms with van der Waals surface area (Å²) < 4.78 is 0. The van der Waals surface area contributed by atoms with Crippen molar-refractivity contribution in [1.82, 2.24) is 10.3 Å². The quantitative estimate of drug-likeness (QED) is 0.845. The molecule has 1 N–H and O–H groups in total. The second-order valence-corrected chi connectivity index (χ2v) is 6.40. The minimum absolute atomic E-state index is 0.761. The molecule has 0 saturated carbocycles. The van der Waals surface area contributed by atoms with E-state index in [1.165, 1.54) is 17.9 Å². The first-order valence-electron chi connectivity index (χ1n) is 6.99. The maximum Gasteiger partial charge on any atom is 0.128 e. The standard InChI is InChI=1S/C14H22ClN3S/c1-2-4-16-10-12-9-14(17-11-13(12)15)18-5-3-7-19-8-6-18/h9,11,16H,2-8,10H2,1H3. The molecule has 106 valence electrons. The van der Waals surface area contributed by atoms with E-state index >= 15 is 0 Å². The van der Waals surface area contributed by atoms with E-state index < -0.39 is 0 Å². The topological polar surface area (TPSA) is 28.2 Å². The molecule has 1 aromatic rings. The monoisotopic (exact) mass is 299 g/mol. The van der Waals surface area contributed by atoms with E-state index in [1.807, 2.05) is 11.8 Å². The molecule has 1 saturated heterocycles. The second-order valence-electron chi connectivity index (χ2n) is 4.76. The van der Waals surface area contributed by atoms with Crippen LogP contribution in [0.15, 0.2) is 12.3 Å². The number of anilines is 1. The SMILES string of the molecule is CCCNCc1cc(N2CCCSCC2)ncc1Cl. The van der Waals surface area contributed by atoms with Crippen LogP contribution in [0.3, 0.4) is 0 Å². The third-order valence-corrected chi connectivity index (χ3v) is 4.60. The lowest BCUT2D eigenvalue weighted by Crippen LogP contribution is -2.26. The minimum atomic E-state index is 0.761. The predicted molar refractivity (Wildman–Crippen MR) is 85.4 cm³/mol. The number of pyridine rings is 1. The van der Waals surface area contributed by atoms with E-state index in [0.717, 1.165) is 49.0 Å². The van der Waals surface area contributed by atoms with E-state index in [0.29, 0.717) is 0 Å². The summed E-state index contributed by atoms with van der Waals surface area (Å²) >= 11 is 8.25. The highest BCUT2D eigenvalue weighted by molar-refractivity contribution is 7.99. The van der Waals surface area contributed by atoms with Gasteiger partial charge < -0.3 is 10.2 Å². The molecule has 0 bridgehead atoms. The van der Waals surface area contributed by atoms with Crippen molar-refractivity contribution in [3.8, 4) is 0 Å². The van der Waals surface area contributed by atoms with E-state index in [-0.39, 0.29) is 0 Å². The predicted octanol–water partition coefficient (Wildman–Crippen LogP) is 3.18. The van der Waals surface area contributed by atoms with Gasteiger partial charge in [-0.1, -0.05) is 18.5 Å². The van der Waals surface area contributed by atoms with Crippen LogP contribution in [0, 0.1) is 0 Å². The van der Waals surface area contributed by atoms with Crippen molar-refractivity contribution in [3.63, 3.8) is 0 Å². The van der Waals surface area contributed by atoms with Gasteiger partial charge in [-0.2, -0.15) is 11.8 Å². The highest BCUT2D eigenvalue weighted by Gasteiger charge is 2.12. The fraction of sp³-hybridized carbons (Fsp3) is 0.643. The fourth-order valence-electron chi connectivity index (χ4n) is 2.15. The molecule has 19 heavy (non-hydrogen) atoms. The summed E-state index contributed by atoms with van der Waals surface area (Å²) in [6.45, 7) is 6.20. The molecule has 5 heteroatoms. The van der Waals surface area contributed by atoms with Crippen molar-refractivity contribution in [2.24, 2.45) is 0 Å². The lowest BCUT2D eigenvalue weighted by atomic mass is 10.2. The summed E-state index contributed by atoms with van der Waals surface area (Å²) in [5.74, 6) is 3.52. The van der Waals surface area contributed by atoms with Crippen molar-refractivity contribution in [3.05, 3.63) is 22.8 Å². The maximum absolute atomic E-state index is 6.22. The number of nitrogens with one attached hydrogen (secondary N) is 1. The average Bonchev–Trinajstić information content (AvgIpc) is 2.70. The van der Waals surface area contributed by atoms with Crippen LogP contribution >= 0.6 is 23.4 Å². The minimum Gasteiger partial charge on any atom is -0.356 e. The number of hydrogen-bond donors (Lipinski definition) is 1. The van der Waals surface area contributed by atoms with Crippen LogP contribution in [0.5, 0.6) is 0 Å². The van der Waals surface area contributed by atoms with Gasteiger partial charge in [0.15, 0.2) is 0 Å². The Balaban J connectivity index is 2.05. The van der Waals surface area contributed by atoms with Gasteiger partial charge in [-0.15, -0.1) is 0 Å². The van der Waals surface area contributed by atoms with Crippen LogP contribution in [0.25, 0.3) is 0 Å². The molecule has 0 spiro atoms. The lowest BCUT2D eigenvalue weighted by Gasteiger charge is -2.22. The molecular weight excluding hydrogens is 278 g/mol. The Hall–Kier alpha value is -0.450. The van der Waals surface area contributed by atoms with Crippen LogP contribution in [0.1, 0.15) is 25.3 Å². The number of rotatable bonds is 5. The van der Waals surface area contributed by atoms with Crippen LogP contribution in [-0.2, 0) is 6.54 Å². The van der Waals surface area contributed by atoms with Crippen LogP contribution < -0.4 is 10.2 Å². The molecule has 1 aliphatic heterocycles. The summed E-state index contributed by atoms with van der Waals surface area (Å²) in [7, 11) is 0. The van der Waals surface area contributed by atoms with E-state index in [1.54, 1.807) is 6.20 Å². The third-order valence-electron chi connectivity index (χ3n) is 3.21. The molecule has 2 heterocycles. The van der Waals surface area contributed by atoms with Gasteiger partial charge in [0.1, 0.15) is 5.82 Å². The average molecular weight is 300 g/mol. The molecule has 1 aliphatic rings. The van der Waals surface area contributed by atoms with Crippen LogP contribution in [0.2, 0.25) is 5.02 Å². The van der Waals surface area contributed by atoms with Crippen molar-refractivity contribution < 1.29 is 0 Å². The van der Waals surface area contributed by atoms with Crippen molar-refractivity contribution >= 4 is 29.2 Å². The van der Waals surface area contributed by atoms with Gasteiger partial charge in [0.05, 0.1) is 5.02 Å². The Labute approximate surface area is 125 Å². The molecule has 2 rings (SSSR count). The van der Waals surface area contributed by atoms with Crippen LogP contribution in [-0.4, -0.2) is 36.1 Å². The second kappa shape index (κ2) is 7.98. The molecule has 0 aromatic carbocycles. The molecule has 1 aromatic heterocycles. The molecule has 0 radical (unpaired) electrons. The van der Waals surface area contributed by atoms with Gasteiger partial charge in [-0.25, -0.2) is 4.98 Å². The Morgan fingerprint density at radius 1 is 1.42 bits per heavy atom. The first-order valence-corrected chi connectivity index (χ1v) is 8.52. The Morgan fingerprint density at radius 2 is 2.32 bits per heavy atom. The summed E-state index contributed by atoms with van der Waals surface area (Å²) in [6.07, 6.45) is 4.16. The Bertz CT molecular complexity index is 392. The van der Waals surface area contributed by atoms with E-state index in [2.05, 4.69) is 28.2 Å². The molecule has 0 unspecified atom stereocenters.